The zero-order valence-electron chi connectivity index (χ0n) is 9.64. The van der Waals surface area contributed by atoms with E-state index in [-0.39, 0.29) is 0 Å². The molecule has 1 rings (SSSR count). The number of aromatic nitrogens is 2. The zero-order valence-corrected chi connectivity index (χ0v) is 10.5. The molecule has 5 nitrogen and oxygen atoms in total. The van der Waals surface area contributed by atoms with Crippen LogP contribution in [0.15, 0.2) is 6.20 Å². The van der Waals surface area contributed by atoms with Gasteiger partial charge in [-0.2, -0.15) is 16.7 Å². The van der Waals surface area contributed by atoms with Crippen molar-refractivity contribution in [3.05, 3.63) is 11.9 Å². The Hall–Kier alpha value is -1.01. The highest BCUT2D eigenvalue weighted by Crippen LogP contribution is 2.25. The van der Waals surface area contributed by atoms with Crippen molar-refractivity contribution < 1.29 is 14.6 Å². The first-order valence-electron chi connectivity index (χ1n) is 4.93. The summed E-state index contributed by atoms with van der Waals surface area (Å²) in [6.07, 6.45) is 0.802. The molecule has 6 heteroatoms. The van der Waals surface area contributed by atoms with Crippen LogP contribution in [0.25, 0.3) is 0 Å². The molecule has 0 bridgehead atoms. The van der Waals surface area contributed by atoms with Crippen molar-refractivity contribution in [2.45, 2.75) is 13.0 Å². The fraction of sp³-hybridized carbons (Fsp3) is 0.600. The Bertz CT molecular complexity index is 336. The predicted molar refractivity (Wildman–Crippen MR) is 63.1 cm³/mol. The van der Waals surface area contributed by atoms with Gasteiger partial charge in [-0.25, -0.2) is 4.98 Å². The maximum atomic E-state index is 9.88. The SMILES string of the molecule is CCSCC(O)c1ncc(OC)nc1OC. The van der Waals surface area contributed by atoms with Gasteiger partial charge in [0.25, 0.3) is 0 Å². The normalized spacial score (nSPS) is 12.2. The summed E-state index contributed by atoms with van der Waals surface area (Å²) in [5.74, 6) is 2.20. The summed E-state index contributed by atoms with van der Waals surface area (Å²) in [4.78, 5) is 8.16. The number of aliphatic hydroxyl groups excluding tert-OH is 1. The first kappa shape index (κ1) is 13.1. The maximum absolute atomic E-state index is 9.88. The second-order valence-electron chi connectivity index (χ2n) is 2.98. The van der Waals surface area contributed by atoms with E-state index in [0.717, 1.165) is 5.75 Å². The number of aliphatic hydroxyl groups is 1. The third-order valence-corrected chi connectivity index (χ3v) is 2.90. The van der Waals surface area contributed by atoms with E-state index >= 15 is 0 Å². The molecule has 0 spiro atoms. The smallest absolute Gasteiger partial charge is 0.241 e. The minimum atomic E-state index is -0.668. The second-order valence-corrected chi connectivity index (χ2v) is 4.30. The highest BCUT2D eigenvalue weighted by Gasteiger charge is 2.17. The van der Waals surface area contributed by atoms with Crippen molar-refractivity contribution >= 4 is 11.8 Å². The molecular formula is C10H16N2O3S. The highest BCUT2D eigenvalue weighted by molar-refractivity contribution is 7.99. The molecule has 0 saturated heterocycles. The van der Waals surface area contributed by atoms with E-state index < -0.39 is 6.10 Å². The summed E-state index contributed by atoms with van der Waals surface area (Å²) in [6, 6.07) is 0. The van der Waals surface area contributed by atoms with Crippen LogP contribution >= 0.6 is 11.8 Å². The molecule has 0 aromatic carbocycles. The Morgan fingerprint density at radius 3 is 2.75 bits per heavy atom. The van der Waals surface area contributed by atoms with Gasteiger partial charge in [0.05, 0.1) is 20.4 Å². The standard InChI is InChI=1S/C10H16N2O3S/c1-4-16-6-7(13)9-10(15-3)12-8(14-2)5-11-9/h5,7,13H,4,6H2,1-3H3. The topological polar surface area (TPSA) is 64.5 Å². The van der Waals surface area contributed by atoms with Crippen molar-refractivity contribution in [1.82, 2.24) is 9.97 Å². The summed E-state index contributed by atoms with van der Waals surface area (Å²) >= 11 is 1.64. The van der Waals surface area contributed by atoms with Crippen LogP contribution in [0.2, 0.25) is 0 Å². The van der Waals surface area contributed by atoms with Gasteiger partial charge in [-0.15, -0.1) is 0 Å². The molecule has 1 N–H and O–H groups in total. The third-order valence-electron chi connectivity index (χ3n) is 1.94. The fourth-order valence-corrected chi connectivity index (χ4v) is 1.77. The van der Waals surface area contributed by atoms with E-state index in [2.05, 4.69) is 9.97 Å². The van der Waals surface area contributed by atoms with Gasteiger partial charge in [0.1, 0.15) is 11.8 Å². The average molecular weight is 244 g/mol. The summed E-state index contributed by atoms with van der Waals surface area (Å²) in [7, 11) is 3.00. The summed E-state index contributed by atoms with van der Waals surface area (Å²) < 4.78 is 10.00. The number of methoxy groups -OCH3 is 2. The van der Waals surface area contributed by atoms with Crippen molar-refractivity contribution in [2.75, 3.05) is 25.7 Å². The summed E-state index contributed by atoms with van der Waals surface area (Å²) in [5, 5.41) is 9.88. The molecule has 1 unspecified atom stereocenters. The monoisotopic (exact) mass is 244 g/mol. The number of hydrogen-bond donors (Lipinski definition) is 1. The molecule has 0 fully saturated rings. The van der Waals surface area contributed by atoms with Crippen LogP contribution in [0.3, 0.4) is 0 Å². The molecule has 16 heavy (non-hydrogen) atoms. The molecule has 0 radical (unpaired) electrons. The molecule has 90 valence electrons. The van der Waals surface area contributed by atoms with Crippen molar-refractivity contribution in [3.8, 4) is 11.8 Å². The minimum Gasteiger partial charge on any atom is -0.480 e. The Labute approximate surface area is 99.2 Å². The van der Waals surface area contributed by atoms with Gasteiger partial charge in [-0.1, -0.05) is 6.92 Å². The fourth-order valence-electron chi connectivity index (χ4n) is 1.15. The Morgan fingerprint density at radius 2 is 2.19 bits per heavy atom. The average Bonchev–Trinajstić information content (AvgIpc) is 2.34. The molecule has 1 atom stereocenters. The minimum absolute atomic E-state index is 0.309. The van der Waals surface area contributed by atoms with Crippen LogP contribution in [0.5, 0.6) is 11.8 Å². The summed E-state index contributed by atoms with van der Waals surface area (Å²) in [5.41, 5.74) is 0.448. The van der Waals surface area contributed by atoms with Gasteiger partial charge in [0, 0.05) is 5.75 Å². The van der Waals surface area contributed by atoms with E-state index in [1.807, 2.05) is 6.92 Å². The first-order chi connectivity index (χ1) is 7.72. The maximum Gasteiger partial charge on any atom is 0.241 e. The van der Waals surface area contributed by atoms with E-state index in [1.165, 1.54) is 20.4 Å². The lowest BCUT2D eigenvalue weighted by Gasteiger charge is -2.12. The van der Waals surface area contributed by atoms with Crippen molar-refractivity contribution in [1.29, 1.82) is 0 Å². The van der Waals surface area contributed by atoms with Gasteiger partial charge < -0.3 is 14.6 Å². The number of thioether (sulfide) groups is 1. The van der Waals surface area contributed by atoms with Crippen LogP contribution < -0.4 is 9.47 Å². The second kappa shape index (κ2) is 6.55. The quantitative estimate of drug-likeness (QED) is 0.813. The largest absolute Gasteiger partial charge is 0.480 e. The molecule has 1 heterocycles. The van der Waals surface area contributed by atoms with Crippen LogP contribution in [0.1, 0.15) is 18.7 Å². The molecule has 0 saturated carbocycles. The van der Waals surface area contributed by atoms with Gasteiger partial charge >= 0.3 is 0 Å². The van der Waals surface area contributed by atoms with Gasteiger partial charge in [-0.3, -0.25) is 0 Å². The molecule has 0 amide bonds. The molecule has 0 aliphatic rings. The Morgan fingerprint density at radius 1 is 1.44 bits per heavy atom. The summed E-state index contributed by atoms with van der Waals surface area (Å²) in [6.45, 7) is 2.04. The van der Waals surface area contributed by atoms with Crippen molar-refractivity contribution in [2.24, 2.45) is 0 Å². The zero-order chi connectivity index (χ0) is 12.0. The lowest BCUT2D eigenvalue weighted by molar-refractivity contribution is 0.191. The van der Waals surface area contributed by atoms with E-state index in [0.29, 0.717) is 23.2 Å². The lowest BCUT2D eigenvalue weighted by atomic mass is 10.3. The number of rotatable bonds is 6. The lowest BCUT2D eigenvalue weighted by Crippen LogP contribution is -2.08. The van der Waals surface area contributed by atoms with Crippen molar-refractivity contribution in [3.63, 3.8) is 0 Å². The van der Waals surface area contributed by atoms with E-state index in [9.17, 15) is 5.11 Å². The first-order valence-corrected chi connectivity index (χ1v) is 6.09. The molecule has 0 aliphatic heterocycles. The Balaban J connectivity index is 2.85. The van der Waals surface area contributed by atoms with Gasteiger partial charge in [0.15, 0.2) is 0 Å². The molecule has 1 aromatic heterocycles. The molecular weight excluding hydrogens is 228 g/mol. The van der Waals surface area contributed by atoms with Gasteiger partial charge in [-0.05, 0) is 5.75 Å². The number of ether oxygens (including phenoxy) is 2. The molecule has 0 aliphatic carbocycles. The Kier molecular flexibility index (Phi) is 5.34. The highest BCUT2D eigenvalue weighted by atomic mass is 32.2. The van der Waals surface area contributed by atoms with Crippen LogP contribution in [-0.2, 0) is 0 Å². The van der Waals surface area contributed by atoms with Crippen LogP contribution in [-0.4, -0.2) is 40.8 Å². The van der Waals surface area contributed by atoms with Crippen LogP contribution in [0.4, 0.5) is 0 Å². The number of hydrogen-bond acceptors (Lipinski definition) is 6. The van der Waals surface area contributed by atoms with Gasteiger partial charge in [0.2, 0.25) is 11.8 Å². The molecule has 1 aromatic rings. The predicted octanol–water partition coefficient (Wildman–Crippen LogP) is 1.28. The third kappa shape index (κ3) is 3.24. The van der Waals surface area contributed by atoms with E-state index in [1.54, 1.807) is 11.8 Å². The van der Waals surface area contributed by atoms with E-state index in [4.69, 9.17) is 9.47 Å². The van der Waals surface area contributed by atoms with Crippen LogP contribution in [0, 0.1) is 0 Å². The number of nitrogens with zero attached hydrogens (tertiary/aromatic N) is 2.